The quantitative estimate of drug-likeness (QED) is 0.546. The molecule has 3 rings (SSSR count). The molecule has 0 spiro atoms. The summed E-state index contributed by atoms with van der Waals surface area (Å²) in [5.74, 6) is 0.460. The summed E-state index contributed by atoms with van der Waals surface area (Å²) in [6.07, 6.45) is 2.90. The topological polar surface area (TPSA) is 111 Å². The second-order valence-electron chi connectivity index (χ2n) is 5.63. The molecule has 27 heavy (non-hydrogen) atoms. The number of hydrogen-bond donors (Lipinski definition) is 1. The molecule has 1 aromatic heterocycles. The van der Waals surface area contributed by atoms with E-state index in [1.54, 1.807) is 18.2 Å². The first-order valence-corrected chi connectivity index (χ1v) is 11.8. The second kappa shape index (κ2) is 7.90. The number of hydrogen-bond acceptors (Lipinski definition) is 9. The third-order valence-electron chi connectivity index (χ3n) is 3.68. The molecule has 9 nitrogen and oxygen atoms in total. The monoisotopic (exact) mass is 430 g/mol. The number of carbonyl (C=O) groups excluding carboxylic acids is 1. The highest BCUT2D eigenvalue weighted by atomic mass is 32.2. The van der Waals surface area contributed by atoms with Crippen LogP contribution in [-0.2, 0) is 14.8 Å². The summed E-state index contributed by atoms with van der Waals surface area (Å²) < 4.78 is 37.5. The van der Waals surface area contributed by atoms with E-state index in [2.05, 4.69) is 15.5 Å². The van der Waals surface area contributed by atoms with Crippen LogP contribution in [0.4, 0.5) is 10.8 Å². The van der Waals surface area contributed by atoms with Gasteiger partial charge in [-0.1, -0.05) is 23.1 Å². The number of ether oxygens (including phenoxy) is 2. The third-order valence-corrected chi connectivity index (χ3v) is 6.74. The Balaban J connectivity index is 1.87. The van der Waals surface area contributed by atoms with Crippen LogP contribution in [-0.4, -0.2) is 56.3 Å². The van der Waals surface area contributed by atoms with Gasteiger partial charge in [0.1, 0.15) is 19.3 Å². The first-order valence-electron chi connectivity index (χ1n) is 7.87. The molecule has 0 bridgehead atoms. The van der Waals surface area contributed by atoms with Crippen molar-refractivity contribution >= 4 is 49.8 Å². The van der Waals surface area contributed by atoms with E-state index in [0.717, 1.165) is 10.6 Å². The molecule has 1 amide bonds. The van der Waals surface area contributed by atoms with E-state index >= 15 is 0 Å². The Morgan fingerprint density at radius 1 is 1.30 bits per heavy atom. The van der Waals surface area contributed by atoms with Crippen LogP contribution in [0.1, 0.15) is 6.92 Å². The molecule has 0 saturated heterocycles. The molecule has 0 saturated carbocycles. The standard InChI is InChI=1S/C15H18N4O5S3/c1-9(13(20)16-14-17-18-15(25-2)26-14)19(27(3,21)22)10-4-5-11-12(8-10)24-7-6-23-11/h4-5,8-9H,6-7H2,1-3H3,(H,16,17,20). The van der Waals surface area contributed by atoms with Crippen LogP contribution in [0, 0.1) is 0 Å². The molecule has 1 atom stereocenters. The van der Waals surface area contributed by atoms with Gasteiger partial charge in [-0.25, -0.2) is 8.42 Å². The molecule has 1 aliphatic rings. The molecule has 0 radical (unpaired) electrons. The Hall–Kier alpha value is -2.05. The van der Waals surface area contributed by atoms with Crippen molar-refractivity contribution in [2.45, 2.75) is 17.3 Å². The maximum atomic E-state index is 12.6. The van der Waals surface area contributed by atoms with Gasteiger partial charge in [0, 0.05) is 6.07 Å². The van der Waals surface area contributed by atoms with Crippen molar-refractivity contribution in [3.05, 3.63) is 18.2 Å². The van der Waals surface area contributed by atoms with Gasteiger partial charge in [0.05, 0.1) is 11.9 Å². The molecule has 1 N–H and O–H groups in total. The van der Waals surface area contributed by atoms with Crippen molar-refractivity contribution in [2.24, 2.45) is 0 Å². The van der Waals surface area contributed by atoms with Gasteiger partial charge in [-0.15, -0.1) is 10.2 Å². The van der Waals surface area contributed by atoms with Crippen molar-refractivity contribution in [1.29, 1.82) is 0 Å². The maximum absolute atomic E-state index is 12.6. The average molecular weight is 431 g/mol. The Morgan fingerprint density at radius 2 is 2.00 bits per heavy atom. The fraction of sp³-hybridized carbons (Fsp3) is 0.400. The normalized spacial score (nSPS) is 14.5. The van der Waals surface area contributed by atoms with Crippen LogP contribution in [0.3, 0.4) is 0 Å². The molecule has 1 unspecified atom stereocenters. The van der Waals surface area contributed by atoms with Gasteiger partial charge in [0.25, 0.3) is 0 Å². The molecular weight excluding hydrogens is 412 g/mol. The smallest absolute Gasteiger partial charge is 0.249 e. The van der Waals surface area contributed by atoms with E-state index in [4.69, 9.17) is 9.47 Å². The number of rotatable bonds is 6. The van der Waals surface area contributed by atoms with Crippen LogP contribution in [0.5, 0.6) is 11.5 Å². The lowest BCUT2D eigenvalue weighted by atomic mass is 10.2. The molecule has 12 heteroatoms. The number of fused-ring (bicyclic) bond motifs is 1. The molecular formula is C15H18N4O5S3. The number of sulfonamides is 1. The zero-order chi connectivity index (χ0) is 19.6. The highest BCUT2D eigenvalue weighted by Crippen LogP contribution is 2.35. The van der Waals surface area contributed by atoms with Crippen LogP contribution >= 0.6 is 23.1 Å². The Labute approximate surface area is 165 Å². The zero-order valence-corrected chi connectivity index (χ0v) is 17.3. The first-order chi connectivity index (χ1) is 12.8. The summed E-state index contributed by atoms with van der Waals surface area (Å²) in [6.45, 7) is 2.31. The molecule has 0 aliphatic carbocycles. The fourth-order valence-corrected chi connectivity index (χ4v) is 4.87. The number of nitrogens with zero attached hydrogens (tertiary/aromatic N) is 3. The SMILES string of the molecule is CSc1nnc(NC(=O)C(C)N(c2ccc3c(c2)OCCO3)S(C)(=O)=O)s1. The molecule has 1 aliphatic heterocycles. The van der Waals surface area contributed by atoms with Gasteiger partial charge in [-0.05, 0) is 25.3 Å². The van der Waals surface area contributed by atoms with Crippen LogP contribution in [0.2, 0.25) is 0 Å². The average Bonchev–Trinajstić information content (AvgIpc) is 3.08. The van der Waals surface area contributed by atoms with Gasteiger partial charge in [0.2, 0.25) is 21.1 Å². The number of aromatic nitrogens is 2. The Morgan fingerprint density at radius 3 is 2.63 bits per heavy atom. The second-order valence-corrected chi connectivity index (χ2v) is 9.52. The number of anilines is 2. The Bertz CT molecular complexity index is 947. The summed E-state index contributed by atoms with van der Waals surface area (Å²) in [5, 5.41) is 10.7. The number of nitrogens with one attached hydrogen (secondary N) is 1. The number of benzene rings is 1. The molecule has 0 fully saturated rings. The van der Waals surface area contributed by atoms with Crippen molar-refractivity contribution in [3.63, 3.8) is 0 Å². The van der Waals surface area contributed by atoms with Gasteiger partial charge in [-0.3, -0.25) is 14.4 Å². The predicted octanol–water partition coefficient (Wildman–Crippen LogP) is 1.82. The van der Waals surface area contributed by atoms with Gasteiger partial charge >= 0.3 is 0 Å². The fourth-order valence-electron chi connectivity index (χ4n) is 2.53. The minimum Gasteiger partial charge on any atom is -0.486 e. The molecule has 146 valence electrons. The van der Waals surface area contributed by atoms with Gasteiger partial charge < -0.3 is 9.47 Å². The molecule has 2 heterocycles. The summed E-state index contributed by atoms with van der Waals surface area (Å²) in [7, 11) is -3.74. The lowest BCUT2D eigenvalue weighted by Crippen LogP contribution is -2.45. The van der Waals surface area contributed by atoms with Crippen molar-refractivity contribution < 1.29 is 22.7 Å². The van der Waals surface area contributed by atoms with E-state index < -0.39 is 22.0 Å². The van der Waals surface area contributed by atoms with Crippen molar-refractivity contribution in [2.75, 3.05) is 35.3 Å². The van der Waals surface area contributed by atoms with Gasteiger partial charge in [0.15, 0.2) is 15.8 Å². The highest BCUT2D eigenvalue weighted by molar-refractivity contribution is 8.00. The van der Waals surface area contributed by atoms with E-state index in [1.165, 1.54) is 30.0 Å². The first kappa shape index (κ1) is 19.7. The summed E-state index contributed by atoms with van der Waals surface area (Å²) >= 11 is 2.62. The molecule has 1 aromatic carbocycles. The lowest BCUT2D eigenvalue weighted by molar-refractivity contribution is -0.116. The van der Waals surface area contributed by atoms with Crippen molar-refractivity contribution in [1.82, 2.24) is 10.2 Å². The van der Waals surface area contributed by atoms with Crippen LogP contribution in [0.15, 0.2) is 22.5 Å². The van der Waals surface area contributed by atoms with Gasteiger partial charge in [-0.2, -0.15) is 0 Å². The van der Waals surface area contributed by atoms with E-state index in [0.29, 0.717) is 39.9 Å². The number of amides is 1. The van der Waals surface area contributed by atoms with Crippen molar-refractivity contribution in [3.8, 4) is 11.5 Å². The highest BCUT2D eigenvalue weighted by Gasteiger charge is 2.30. The zero-order valence-electron chi connectivity index (χ0n) is 14.8. The van der Waals surface area contributed by atoms with E-state index in [9.17, 15) is 13.2 Å². The third kappa shape index (κ3) is 4.45. The summed E-state index contributed by atoms with van der Waals surface area (Å²) in [5.41, 5.74) is 0.312. The maximum Gasteiger partial charge on any atom is 0.249 e. The van der Waals surface area contributed by atoms with Crippen LogP contribution in [0.25, 0.3) is 0 Å². The minimum absolute atomic E-state index is 0.312. The van der Waals surface area contributed by atoms with E-state index in [1.807, 2.05) is 6.26 Å². The lowest BCUT2D eigenvalue weighted by Gasteiger charge is -2.29. The van der Waals surface area contributed by atoms with E-state index in [-0.39, 0.29) is 0 Å². The number of carbonyl (C=O) groups is 1. The predicted molar refractivity (Wildman–Crippen MR) is 105 cm³/mol. The summed E-state index contributed by atoms with van der Waals surface area (Å²) in [6, 6.07) is 3.75. The number of thioether (sulfide) groups is 1. The van der Waals surface area contributed by atoms with Crippen LogP contribution < -0.4 is 19.1 Å². The largest absolute Gasteiger partial charge is 0.486 e. The summed E-state index contributed by atoms with van der Waals surface area (Å²) in [4.78, 5) is 12.6. The minimum atomic E-state index is -3.74. The Kier molecular flexibility index (Phi) is 5.77. The molecule has 2 aromatic rings.